The van der Waals surface area contributed by atoms with Gasteiger partial charge in [-0.2, -0.15) is 5.10 Å². The standard InChI is InChI=1S/C20H19N3O2/c24-19-12-21-23(18-11-4-3-9-16(18)19)13-20(25)22-17-10-5-7-14-6-1-2-8-15(14)17/h3-5,7,9-12H,1-2,6,8,13H2,(H,22,25). The highest BCUT2D eigenvalue weighted by Crippen LogP contribution is 2.27. The summed E-state index contributed by atoms with van der Waals surface area (Å²) in [5, 5.41) is 7.71. The zero-order valence-electron chi connectivity index (χ0n) is 13.9. The molecule has 0 spiro atoms. The summed E-state index contributed by atoms with van der Waals surface area (Å²) >= 11 is 0. The molecule has 0 fully saturated rings. The third kappa shape index (κ3) is 3.05. The summed E-state index contributed by atoms with van der Waals surface area (Å²) in [7, 11) is 0. The van der Waals surface area contributed by atoms with Crippen LogP contribution in [0.2, 0.25) is 0 Å². The topological polar surface area (TPSA) is 64.0 Å². The van der Waals surface area contributed by atoms with Gasteiger partial charge >= 0.3 is 0 Å². The lowest BCUT2D eigenvalue weighted by atomic mass is 9.90. The van der Waals surface area contributed by atoms with E-state index in [1.807, 2.05) is 24.3 Å². The molecule has 0 unspecified atom stereocenters. The van der Waals surface area contributed by atoms with Crippen LogP contribution >= 0.6 is 0 Å². The Bertz CT molecular complexity index is 1010. The largest absolute Gasteiger partial charge is 0.324 e. The van der Waals surface area contributed by atoms with Gasteiger partial charge in [0.15, 0.2) is 0 Å². The summed E-state index contributed by atoms with van der Waals surface area (Å²) in [6, 6.07) is 13.3. The summed E-state index contributed by atoms with van der Waals surface area (Å²) in [5.74, 6) is -0.139. The quantitative estimate of drug-likeness (QED) is 0.801. The minimum absolute atomic E-state index is 0.0739. The van der Waals surface area contributed by atoms with Crippen molar-refractivity contribution in [1.82, 2.24) is 9.78 Å². The van der Waals surface area contributed by atoms with Crippen LogP contribution in [0.15, 0.2) is 53.5 Å². The van der Waals surface area contributed by atoms with E-state index in [1.165, 1.54) is 23.7 Å². The SMILES string of the molecule is O=C(Cn1ncc(=O)c2ccccc21)Nc1cccc2c1CCCC2. The molecule has 126 valence electrons. The van der Waals surface area contributed by atoms with Crippen molar-refractivity contribution in [3.05, 3.63) is 70.0 Å². The van der Waals surface area contributed by atoms with Gasteiger partial charge in [0.25, 0.3) is 0 Å². The van der Waals surface area contributed by atoms with Crippen LogP contribution < -0.4 is 10.7 Å². The number of aromatic nitrogens is 2. The van der Waals surface area contributed by atoms with Crippen LogP contribution in [0.1, 0.15) is 24.0 Å². The molecule has 0 saturated heterocycles. The molecule has 5 heteroatoms. The Kier molecular flexibility index (Phi) is 4.06. The maximum atomic E-state index is 12.5. The van der Waals surface area contributed by atoms with Gasteiger partial charge in [-0.15, -0.1) is 0 Å². The van der Waals surface area contributed by atoms with Crippen LogP contribution in [0.5, 0.6) is 0 Å². The number of carbonyl (C=O) groups is 1. The van der Waals surface area contributed by atoms with Crippen molar-refractivity contribution in [2.75, 3.05) is 5.32 Å². The lowest BCUT2D eigenvalue weighted by molar-refractivity contribution is -0.116. The molecule has 4 rings (SSSR count). The molecule has 1 aliphatic rings. The van der Waals surface area contributed by atoms with Crippen LogP contribution in [0.25, 0.3) is 10.9 Å². The molecule has 1 aromatic heterocycles. The van der Waals surface area contributed by atoms with E-state index in [-0.39, 0.29) is 17.9 Å². The summed E-state index contributed by atoms with van der Waals surface area (Å²) in [4.78, 5) is 24.4. The Morgan fingerprint density at radius 3 is 2.84 bits per heavy atom. The van der Waals surface area contributed by atoms with Crippen LogP contribution in [0.3, 0.4) is 0 Å². The van der Waals surface area contributed by atoms with Crippen molar-refractivity contribution in [2.45, 2.75) is 32.2 Å². The molecule has 0 atom stereocenters. The second-order valence-electron chi connectivity index (χ2n) is 6.38. The molecule has 1 amide bonds. The Hall–Kier alpha value is -2.95. The number of nitrogens with one attached hydrogen (secondary N) is 1. The molecule has 3 aromatic rings. The summed E-state index contributed by atoms with van der Waals surface area (Å²) in [5.41, 5.74) is 4.01. The smallest absolute Gasteiger partial charge is 0.246 e. The molecular weight excluding hydrogens is 314 g/mol. The Morgan fingerprint density at radius 2 is 1.92 bits per heavy atom. The van der Waals surface area contributed by atoms with Gasteiger partial charge < -0.3 is 5.32 Å². The third-order valence-corrected chi connectivity index (χ3v) is 4.73. The molecule has 0 aliphatic heterocycles. The molecule has 25 heavy (non-hydrogen) atoms. The normalized spacial score (nSPS) is 13.4. The number of anilines is 1. The summed E-state index contributed by atoms with van der Waals surface area (Å²) in [6.45, 7) is 0.0739. The fourth-order valence-corrected chi connectivity index (χ4v) is 3.51. The van der Waals surface area contributed by atoms with Crippen molar-refractivity contribution in [1.29, 1.82) is 0 Å². The average Bonchev–Trinajstić information content (AvgIpc) is 2.65. The first-order valence-electron chi connectivity index (χ1n) is 8.58. The van der Waals surface area contributed by atoms with E-state index in [2.05, 4.69) is 16.5 Å². The van der Waals surface area contributed by atoms with E-state index < -0.39 is 0 Å². The lowest BCUT2D eigenvalue weighted by Gasteiger charge is -2.19. The predicted octanol–water partition coefficient (Wildman–Crippen LogP) is 2.91. The van der Waals surface area contributed by atoms with Crippen molar-refractivity contribution in [3.8, 4) is 0 Å². The van der Waals surface area contributed by atoms with Crippen molar-refractivity contribution in [2.24, 2.45) is 0 Å². The number of amides is 1. The molecule has 1 heterocycles. The van der Waals surface area contributed by atoms with Crippen LogP contribution in [-0.2, 0) is 24.2 Å². The molecule has 1 N–H and O–H groups in total. The number of para-hydroxylation sites is 1. The number of carbonyl (C=O) groups excluding carboxylic acids is 1. The summed E-state index contributed by atoms with van der Waals surface area (Å²) in [6.07, 6.45) is 5.71. The third-order valence-electron chi connectivity index (χ3n) is 4.73. The van der Waals surface area contributed by atoms with Crippen LogP contribution in [0.4, 0.5) is 5.69 Å². The number of rotatable bonds is 3. The fraction of sp³-hybridized carbons (Fsp3) is 0.250. The van der Waals surface area contributed by atoms with Gasteiger partial charge in [0, 0.05) is 11.1 Å². The van der Waals surface area contributed by atoms with Crippen molar-refractivity contribution >= 4 is 22.5 Å². The molecule has 1 aliphatic carbocycles. The number of nitrogens with zero attached hydrogens (tertiary/aromatic N) is 2. The first kappa shape index (κ1) is 15.6. The zero-order valence-corrected chi connectivity index (χ0v) is 13.9. The van der Waals surface area contributed by atoms with Gasteiger partial charge in [-0.1, -0.05) is 24.3 Å². The summed E-state index contributed by atoms with van der Waals surface area (Å²) < 4.78 is 1.57. The highest BCUT2D eigenvalue weighted by Gasteiger charge is 2.15. The number of hydrogen-bond donors (Lipinski definition) is 1. The monoisotopic (exact) mass is 333 g/mol. The minimum atomic E-state index is -0.139. The number of aryl methyl sites for hydroxylation is 1. The molecule has 0 radical (unpaired) electrons. The Balaban J connectivity index is 1.60. The van der Waals surface area contributed by atoms with Gasteiger partial charge in [-0.25, -0.2) is 0 Å². The van der Waals surface area contributed by atoms with Gasteiger partial charge in [-0.3, -0.25) is 14.3 Å². The van der Waals surface area contributed by atoms with E-state index in [4.69, 9.17) is 0 Å². The average molecular weight is 333 g/mol. The zero-order chi connectivity index (χ0) is 17.2. The number of fused-ring (bicyclic) bond motifs is 2. The maximum absolute atomic E-state index is 12.5. The van der Waals surface area contributed by atoms with Gasteiger partial charge in [0.1, 0.15) is 6.54 Å². The Labute approximate surface area is 145 Å². The van der Waals surface area contributed by atoms with Gasteiger partial charge in [0.2, 0.25) is 11.3 Å². The highest BCUT2D eigenvalue weighted by molar-refractivity contribution is 5.92. The first-order chi connectivity index (χ1) is 12.2. The second kappa shape index (κ2) is 6.51. The second-order valence-corrected chi connectivity index (χ2v) is 6.38. The lowest BCUT2D eigenvalue weighted by Crippen LogP contribution is -2.23. The molecule has 0 saturated carbocycles. The molecule has 0 bridgehead atoms. The van der Waals surface area contributed by atoms with E-state index in [9.17, 15) is 9.59 Å². The molecule has 2 aromatic carbocycles. The Morgan fingerprint density at radius 1 is 1.08 bits per heavy atom. The van der Waals surface area contributed by atoms with E-state index in [0.29, 0.717) is 10.9 Å². The van der Waals surface area contributed by atoms with Crippen molar-refractivity contribution in [3.63, 3.8) is 0 Å². The van der Waals surface area contributed by atoms with Crippen LogP contribution in [-0.4, -0.2) is 15.7 Å². The van der Waals surface area contributed by atoms with E-state index >= 15 is 0 Å². The first-order valence-corrected chi connectivity index (χ1v) is 8.58. The number of benzene rings is 2. The van der Waals surface area contributed by atoms with Gasteiger partial charge in [-0.05, 0) is 55.0 Å². The van der Waals surface area contributed by atoms with Crippen molar-refractivity contribution < 1.29 is 4.79 Å². The van der Waals surface area contributed by atoms with Gasteiger partial charge in [0.05, 0.1) is 11.7 Å². The minimum Gasteiger partial charge on any atom is -0.324 e. The predicted molar refractivity (Wildman–Crippen MR) is 97.7 cm³/mol. The molecule has 5 nitrogen and oxygen atoms in total. The molecular formula is C20H19N3O2. The van der Waals surface area contributed by atoms with Crippen LogP contribution in [0, 0.1) is 0 Å². The highest BCUT2D eigenvalue weighted by atomic mass is 16.2. The number of hydrogen-bond acceptors (Lipinski definition) is 3. The van der Waals surface area contributed by atoms with E-state index in [0.717, 1.165) is 24.9 Å². The van der Waals surface area contributed by atoms with E-state index in [1.54, 1.807) is 16.8 Å². The fourth-order valence-electron chi connectivity index (χ4n) is 3.51. The maximum Gasteiger partial charge on any atom is 0.246 e.